The van der Waals surface area contributed by atoms with Gasteiger partial charge in [0.2, 0.25) is 0 Å². The molecule has 0 unspecified atom stereocenters. The highest BCUT2D eigenvalue weighted by atomic mass is 16.1. The summed E-state index contributed by atoms with van der Waals surface area (Å²) in [5, 5.41) is 0. The molecule has 0 bridgehead atoms. The van der Waals surface area contributed by atoms with E-state index in [2.05, 4.69) is 31.2 Å². The van der Waals surface area contributed by atoms with Crippen LogP contribution in [0, 0.1) is 11.3 Å². The van der Waals surface area contributed by atoms with Gasteiger partial charge in [0.05, 0.1) is 0 Å². The highest BCUT2D eigenvalue weighted by Crippen LogP contribution is 2.60. The van der Waals surface area contributed by atoms with Crippen LogP contribution >= 0.6 is 0 Å². The minimum Gasteiger partial charge on any atom is -0.294 e. The van der Waals surface area contributed by atoms with Crippen LogP contribution in [-0.2, 0) is 11.2 Å². The SMILES string of the molecule is CC[C@@]12CCCC[C@@H]1C(=O)C1=C2CCc2ccccc21. The second kappa shape index (κ2) is 4.31. The molecule has 1 nitrogen and oxygen atoms in total. The monoisotopic (exact) mass is 266 g/mol. The lowest BCUT2D eigenvalue weighted by molar-refractivity contribution is -0.120. The summed E-state index contributed by atoms with van der Waals surface area (Å²) in [6, 6.07) is 8.56. The van der Waals surface area contributed by atoms with Crippen molar-refractivity contribution in [2.24, 2.45) is 11.3 Å². The summed E-state index contributed by atoms with van der Waals surface area (Å²) in [5.74, 6) is 0.756. The van der Waals surface area contributed by atoms with Crippen molar-refractivity contribution in [1.82, 2.24) is 0 Å². The van der Waals surface area contributed by atoms with Crippen molar-refractivity contribution in [1.29, 1.82) is 0 Å². The first-order valence-corrected chi connectivity index (χ1v) is 8.14. The molecule has 1 fully saturated rings. The first-order valence-electron chi connectivity index (χ1n) is 8.14. The average molecular weight is 266 g/mol. The van der Waals surface area contributed by atoms with Crippen molar-refractivity contribution in [3.63, 3.8) is 0 Å². The van der Waals surface area contributed by atoms with Gasteiger partial charge in [0.25, 0.3) is 0 Å². The predicted octanol–water partition coefficient (Wildman–Crippen LogP) is 4.56. The molecule has 1 saturated carbocycles. The Morgan fingerprint density at radius 3 is 2.90 bits per heavy atom. The summed E-state index contributed by atoms with van der Waals surface area (Å²) < 4.78 is 0. The minimum atomic E-state index is 0.220. The Morgan fingerprint density at radius 1 is 1.20 bits per heavy atom. The quantitative estimate of drug-likeness (QED) is 0.728. The lowest BCUT2D eigenvalue weighted by Gasteiger charge is -2.41. The lowest BCUT2D eigenvalue weighted by Crippen LogP contribution is -2.34. The third-order valence-corrected chi connectivity index (χ3v) is 6.06. The number of Topliss-reactive ketones (excluding diaryl/α,β-unsaturated/α-hetero) is 1. The first kappa shape index (κ1) is 12.4. The highest BCUT2D eigenvalue weighted by molar-refractivity contribution is 6.26. The molecule has 1 aromatic rings. The number of allylic oxidation sites excluding steroid dienone is 2. The molecule has 0 aliphatic heterocycles. The van der Waals surface area contributed by atoms with Gasteiger partial charge in [-0.25, -0.2) is 0 Å². The minimum absolute atomic E-state index is 0.220. The van der Waals surface area contributed by atoms with Crippen LogP contribution in [-0.4, -0.2) is 5.78 Å². The van der Waals surface area contributed by atoms with Crippen LogP contribution in [0.3, 0.4) is 0 Å². The van der Waals surface area contributed by atoms with Gasteiger partial charge >= 0.3 is 0 Å². The zero-order valence-corrected chi connectivity index (χ0v) is 12.2. The van der Waals surface area contributed by atoms with Crippen LogP contribution in [0.2, 0.25) is 0 Å². The summed E-state index contributed by atoms with van der Waals surface area (Å²) in [7, 11) is 0. The van der Waals surface area contributed by atoms with Gasteiger partial charge in [-0.3, -0.25) is 4.79 Å². The number of carbonyl (C=O) groups excluding carboxylic acids is 1. The molecule has 1 heteroatoms. The van der Waals surface area contributed by atoms with E-state index < -0.39 is 0 Å². The number of benzene rings is 1. The van der Waals surface area contributed by atoms with Crippen molar-refractivity contribution in [3.05, 3.63) is 41.0 Å². The van der Waals surface area contributed by atoms with Gasteiger partial charge < -0.3 is 0 Å². The number of ketones is 1. The second-order valence-electron chi connectivity index (χ2n) is 6.68. The third-order valence-electron chi connectivity index (χ3n) is 6.06. The Kier molecular flexibility index (Phi) is 2.67. The highest BCUT2D eigenvalue weighted by Gasteiger charge is 2.53. The molecule has 2 atom stereocenters. The smallest absolute Gasteiger partial charge is 0.167 e. The zero-order valence-electron chi connectivity index (χ0n) is 12.2. The normalized spacial score (nSPS) is 31.9. The van der Waals surface area contributed by atoms with E-state index in [1.165, 1.54) is 36.0 Å². The first-order chi connectivity index (χ1) is 9.78. The van der Waals surface area contributed by atoms with Crippen LogP contribution in [0.1, 0.15) is 56.6 Å². The van der Waals surface area contributed by atoms with E-state index in [-0.39, 0.29) is 11.3 Å². The van der Waals surface area contributed by atoms with Gasteiger partial charge in [-0.05, 0) is 43.2 Å². The van der Waals surface area contributed by atoms with Crippen molar-refractivity contribution in [3.8, 4) is 0 Å². The topological polar surface area (TPSA) is 17.1 Å². The van der Waals surface area contributed by atoms with Crippen LogP contribution in [0.4, 0.5) is 0 Å². The van der Waals surface area contributed by atoms with Crippen molar-refractivity contribution in [2.45, 2.75) is 51.9 Å². The molecule has 3 aliphatic rings. The van der Waals surface area contributed by atoms with Gasteiger partial charge in [-0.1, -0.05) is 49.6 Å². The number of hydrogen-bond donors (Lipinski definition) is 0. The van der Waals surface area contributed by atoms with Gasteiger partial charge in [0.15, 0.2) is 5.78 Å². The molecule has 0 radical (unpaired) electrons. The molecule has 0 saturated heterocycles. The zero-order chi connectivity index (χ0) is 13.7. The van der Waals surface area contributed by atoms with E-state index in [0.29, 0.717) is 5.78 Å². The van der Waals surface area contributed by atoms with E-state index in [0.717, 1.165) is 31.3 Å². The number of hydrogen-bond acceptors (Lipinski definition) is 1. The maximum absolute atomic E-state index is 13.0. The van der Waals surface area contributed by atoms with Gasteiger partial charge in [0.1, 0.15) is 0 Å². The van der Waals surface area contributed by atoms with Crippen LogP contribution in [0.15, 0.2) is 29.8 Å². The number of fused-ring (bicyclic) bond motifs is 4. The van der Waals surface area contributed by atoms with Crippen LogP contribution in [0.5, 0.6) is 0 Å². The van der Waals surface area contributed by atoms with E-state index in [1.54, 1.807) is 0 Å². The van der Waals surface area contributed by atoms with E-state index in [1.807, 2.05) is 0 Å². The van der Waals surface area contributed by atoms with Crippen molar-refractivity contribution >= 4 is 11.4 Å². The van der Waals surface area contributed by atoms with Gasteiger partial charge in [-0.15, -0.1) is 0 Å². The molecule has 3 aliphatic carbocycles. The molecular weight excluding hydrogens is 244 g/mol. The Labute approximate surface area is 121 Å². The Hall–Kier alpha value is -1.37. The van der Waals surface area contributed by atoms with Crippen molar-refractivity contribution in [2.75, 3.05) is 0 Å². The average Bonchev–Trinajstić information content (AvgIpc) is 2.78. The molecular formula is C19H22O. The standard InChI is InChI=1S/C19H22O/c1-2-19-12-6-5-9-16(19)18(20)17-14-8-4-3-7-13(14)10-11-15(17)19/h3-4,7-8,16H,2,5-6,9-12H2,1H3/t16-,19+/m1/s1. The Morgan fingerprint density at radius 2 is 2.05 bits per heavy atom. The summed E-state index contributed by atoms with van der Waals surface area (Å²) >= 11 is 0. The number of rotatable bonds is 1. The third kappa shape index (κ3) is 1.41. The van der Waals surface area contributed by atoms with Gasteiger partial charge in [-0.2, -0.15) is 0 Å². The molecule has 4 rings (SSSR count). The van der Waals surface area contributed by atoms with E-state index >= 15 is 0 Å². The Balaban J connectivity index is 1.93. The van der Waals surface area contributed by atoms with E-state index in [9.17, 15) is 4.79 Å². The lowest BCUT2D eigenvalue weighted by atomic mass is 9.62. The van der Waals surface area contributed by atoms with E-state index in [4.69, 9.17) is 0 Å². The fourth-order valence-corrected chi connectivity index (χ4v) is 5.10. The summed E-state index contributed by atoms with van der Waals surface area (Å²) in [6.07, 6.45) is 8.27. The maximum Gasteiger partial charge on any atom is 0.167 e. The van der Waals surface area contributed by atoms with Crippen LogP contribution < -0.4 is 0 Å². The maximum atomic E-state index is 13.0. The second-order valence-corrected chi connectivity index (χ2v) is 6.68. The molecule has 0 amide bonds. The molecule has 0 N–H and O–H groups in total. The molecule has 0 heterocycles. The fraction of sp³-hybridized carbons (Fsp3) is 0.526. The summed E-state index contributed by atoms with van der Waals surface area (Å²) in [6.45, 7) is 2.29. The largest absolute Gasteiger partial charge is 0.294 e. The molecule has 1 aromatic carbocycles. The van der Waals surface area contributed by atoms with Crippen LogP contribution in [0.25, 0.3) is 5.57 Å². The summed E-state index contributed by atoms with van der Waals surface area (Å²) in [5.41, 5.74) is 5.50. The van der Waals surface area contributed by atoms with Crippen molar-refractivity contribution < 1.29 is 4.79 Å². The Bertz CT molecular complexity index is 610. The molecule has 0 spiro atoms. The molecule has 20 heavy (non-hydrogen) atoms. The molecule has 0 aromatic heterocycles. The summed E-state index contributed by atoms with van der Waals surface area (Å²) in [4.78, 5) is 13.0. The number of carbonyl (C=O) groups is 1. The fourth-order valence-electron chi connectivity index (χ4n) is 5.10. The van der Waals surface area contributed by atoms with Gasteiger partial charge in [0, 0.05) is 16.9 Å². The number of aryl methyl sites for hydroxylation is 1. The predicted molar refractivity (Wildman–Crippen MR) is 81.4 cm³/mol. The molecule has 104 valence electrons.